The summed E-state index contributed by atoms with van der Waals surface area (Å²) in [4.78, 5) is 76.6. The SMILES string of the molecule is CC(C)C[C@H](NC(=O)[C@H](Cc1cnc[nH]1)NC(=O)C(=Cc1ccccc1)NC(=O)[C@@H]1CCCN1C(=O)CCSC(c1ccccc1)(c1ccccc1)c1ccccc1)C(=O)O. The van der Waals surface area contributed by atoms with Gasteiger partial charge in [-0.15, -0.1) is 11.8 Å². The van der Waals surface area contributed by atoms with Gasteiger partial charge in [0.2, 0.25) is 17.7 Å². The Kier molecular flexibility index (Phi) is 15.3. The Hall–Kier alpha value is -6.47. The number of hydrogen-bond acceptors (Lipinski definition) is 7. The second kappa shape index (κ2) is 21.2. The minimum Gasteiger partial charge on any atom is -0.480 e. The summed E-state index contributed by atoms with van der Waals surface area (Å²) in [5.74, 6) is -2.92. The summed E-state index contributed by atoms with van der Waals surface area (Å²) in [5, 5.41) is 17.9. The number of carbonyl (C=O) groups excluding carboxylic acids is 4. The number of thioether (sulfide) groups is 1. The zero-order valence-corrected chi connectivity index (χ0v) is 35.1. The Bertz CT molecular complexity index is 2160. The summed E-state index contributed by atoms with van der Waals surface area (Å²) in [5.41, 5.74) is 4.26. The van der Waals surface area contributed by atoms with Crippen LogP contribution < -0.4 is 16.0 Å². The average molecular weight is 841 g/mol. The van der Waals surface area contributed by atoms with Crippen LogP contribution in [0, 0.1) is 5.92 Å². The molecule has 1 saturated heterocycles. The minimum atomic E-state index is -1.23. The minimum absolute atomic E-state index is 0.0233. The molecule has 0 radical (unpaired) electrons. The maximum Gasteiger partial charge on any atom is 0.326 e. The molecule has 2 heterocycles. The molecule has 3 atom stereocenters. The van der Waals surface area contributed by atoms with Crippen LogP contribution in [0.5, 0.6) is 0 Å². The average Bonchev–Trinajstić information content (AvgIpc) is 3.99. The fraction of sp³-hybridized carbons (Fsp3) is 0.292. The number of H-pyrrole nitrogens is 1. The Morgan fingerprint density at radius 3 is 1.93 bits per heavy atom. The van der Waals surface area contributed by atoms with Crippen LogP contribution in [-0.2, 0) is 35.1 Å². The number of carboxylic acids is 1. The molecule has 316 valence electrons. The first-order valence-electron chi connectivity index (χ1n) is 20.5. The molecule has 0 aliphatic carbocycles. The highest BCUT2D eigenvalue weighted by atomic mass is 32.2. The molecule has 0 spiro atoms. The van der Waals surface area contributed by atoms with Crippen LogP contribution in [0.2, 0.25) is 0 Å². The summed E-state index contributed by atoms with van der Waals surface area (Å²) in [6, 6.07) is 36.4. The van der Waals surface area contributed by atoms with E-state index < -0.39 is 46.6 Å². The van der Waals surface area contributed by atoms with Gasteiger partial charge in [-0.1, -0.05) is 135 Å². The third kappa shape index (κ3) is 11.4. The number of hydrogen-bond donors (Lipinski definition) is 5. The van der Waals surface area contributed by atoms with E-state index in [4.69, 9.17) is 0 Å². The van der Waals surface area contributed by atoms with Gasteiger partial charge in [0.15, 0.2) is 0 Å². The molecule has 0 unspecified atom stereocenters. The van der Waals surface area contributed by atoms with Gasteiger partial charge in [0.05, 0.1) is 11.1 Å². The van der Waals surface area contributed by atoms with E-state index >= 15 is 0 Å². The van der Waals surface area contributed by atoms with E-state index in [-0.39, 0.29) is 36.8 Å². The van der Waals surface area contributed by atoms with Gasteiger partial charge in [-0.25, -0.2) is 9.78 Å². The molecule has 13 heteroatoms. The van der Waals surface area contributed by atoms with Crippen LogP contribution in [0.3, 0.4) is 0 Å². The number of benzene rings is 4. The van der Waals surface area contributed by atoms with Crippen molar-refractivity contribution in [3.8, 4) is 0 Å². The van der Waals surface area contributed by atoms with E-state index in [1.165, 1.54) is 18.6 Å². The largest absolute Gasteiger partial charge is 0.480 e. The Morgan fingerprint density at radius 2 is 1.41 bits per heavy atom. The van der Waals surface area contributed by atoms with Crippen molar-refractivity contribution in [2.24, 2.45) is 5.92 Å². The lowest BCUT2D eigenvalue weighted by Gasteiger charge is -2.35. The Labute approximate surface area is 360 Å². The number of aromatic nitrogens is 2. The van der Waals surface area contributed by atoms with E-state index in [2.05, 4.69) is 62.3 Å². The van der Waals surface area contributed by atoms with E-state index in [0.717, 1.165) is 16.7 Å². The molecule has 12 nitrogen and oxygen atoms in total. The van der Waals surface area contributed by atoms with Crippen molar-refractivity contribution < 1.29 is 29.1 Å². The zero-order valence-electron chi connectivity index (χ0n) is 34.3. The molecule has 6 rings (SSSR count). The molecule has 5 aromatic rings. The first-order valence-corrected chi connectivity index (χ1v) is 21.5. The van der Waals surface area contributed by atoms with Crippen molar-refractivity contribution in [1.82, 2.24) is 30.8 Å². The highest BCUT2D eigenvalue weighted by molar-refractivity contribution is 8.00. The first-order chi connectivity index (χ1) is 29.5. The number of imidazole rings is 1. The summed E-state index contributed by atoms with van der Waals surface area (Å²) in [6.45, 7) is 4.09. The normalized spacial score (nSPS) is 15.2. The van der Waals surface area contributed by atoms with Crippen LogP contribution >= 0.6 is 11.8 Å². The van der Waals surface area contributed by atoms with Gasteiger partial charge in [0.1, 0.15) is 23.8 Å². The number of aromatic amines is 1. The van der Waals surface area contributed by atoms with Gasteiger partial charge < -0.3 is 30.9 Å². The Balaban J connectivity index is 1.20. The van der Waals surface area contributed by atoms with Crippen LogP contribution in [0.4, 0.5) is 0 Å². The summed E-state index contributed by atoms with van der Waals surface area (Å²) in [7, 11) is 0. The van der Waals surface area contributed by atoms with Crippen molar-refractivity contribution in [2.45, 2.75) is 68.8 Å². The Morgan fingerprint density at radius 1 is 0.836 bits per heavy atom. The number of likely N-dealkylation sites (tertiary alicyclic amines) is 1. The highest BCUT2D eigenvalue weighted by Gasteiger charge is 2.39. The number of rotatable bonds is 19. The topological polar surface area (TPSA) is 174 Å². The third-order valence-electron chi connectivity index (χ3n) is 10.6. The van der Waals surface area contributed by atoms with E-state index in [1.807, 2.05) is 74.5 Å². The lowest BCUT2D eigenvalue weighted by Crippen LogP contribution is -2.54. The van der Waals surface area contributed by atoms with E-state index in [0.29, 0.717) is 36.4 Å². The molecule has 0 saturated carbocycles. The molecule has 61 heavy (non-hydrogen) atoms. The van der Waals surface area contributed by atoms with Gasteiger partial charge >= 0.3 is 5.97 Å². The molecular weight excluding hydrogens is 789 g/mol. The smallest absolute Gasteiger partial charge is 0.326 e. The summed E-state index contributed by atoms with van der Waals surface area (Å²) in [6.07, 6.45) is 5.80. The molecule has 0 bridgehead atoms. The van der Waals surface area contributed by atoms with Gasteiger partial charge in [-0.3, -0.25) is 19.2 Å². The van der Waals surface area contributed by atoms with Gasteiger partial charge in [0, 0.05) is 37.0 Å². The molecule has 4 amide bonds. The molecule has 1 fully saturated rings. The van der Waals surface area contributed by atoms with Crippen LogP contribution in [0.1, 0.15) is 67.5 Å². The number of amides is 4. The van der Waals surface area contributed by atoms with Crippen molar-refractivity contribution >= 4 is 47.4 Å². The molecular formula is C48H52N6O6S. The number of aliphatic carboxylic acids is 1. The standard InChI is InChI=1S/C48H52N6O6S/c1-33(2)28-41(47(59)60)53-45(57)40(30-38-31-49-32-50-38)51-44(56)39(29-34-16-7-3-8-17-34)52-46(58)42-24-15-26-54(42)43(55)25-27-61-48(35-18-9-4-10-19-35,36-20-11-5-12-21-36)37-22-13-6-14-23-37/h3-14,16-23,29,31-33,40-42H,15,24-28,30H2,1-2H3,(H,49,50)(H,51,56)(H,52,58)(H,53,57)(H,59,60)/t40-,41-,42-/m0/s1. The van der Waals surface area contributed by atoms with Gasteiger partial charge in [-0.2, -0.15) is 0 Å². The monoisotopic (exact) mass is 840 g/mol. The van der Waals surface area contributed by atoms with Crippen molar-refractivity contribution in [1.29, 1.82) is 0 Å². The maximum absolute atomic E-state index is 14.2. The van der Waals surface area contributed by atoms with Crippen LogP contribution in [0.25, 0.3) is 6.08 Å². The number of nitrogens with zero attached hydrogens (tertiary/aromatic N) is 2. The first kappa shape index (κ1) is 44.1. The molecule has 1 aliphatic heterocycles. The predicted molar refractivity (Wildman–Crippen MR) is 237 cm³/mol. The second-order valence-corrected chi connectivity index (χ2v) is 16.7. The van der Waals surface area contributed by atoms with Crippen LogP contribution in [0.15, 0.2) is 140 Å². The molecule has 1 aromatic heterocycles. The van der Waals surface area contributed by atoms with E-state index in [9.17, 15) is 29.1 Å². The molecule has 4 aromatic carbocycles. The molecule has 5 N–H and O–H groups in total. The van der Waals surface area contributed by atoms with Crippen molar-refractivity contribution in [3.63, 3.8) is 0 Å². The summed E-state index contributed by atoms with van der Waals surface area (Å²) >= 11 is 1.68. The molecule has 1 aliphatic rings. The van der Waals surface area contributed by atoms with Crippen molar-refractivity contribution in [2.75, 3.05) is 12.3 Å². The third-order valence-corrected chi connectivity index (χ3v) is 12.1. The quantitative estimate of drug-likeness (QED) is 0.0475. The predicted octanol–water partition coefficient (Wildman–Crippen LogP) is 6.32. The fourth-order valence-corrected chi connectivity index (χ4v) is 9.15. The zero-order chi connectivity index (χ0) is 43.2. The summed E-state index contributed by atoms with van der Waals surface area (Å²) < 4.78 is -0.606. The number of nitrogens with one attached hydrogen (secondary N) is 4. The lowest BCUT2D eigenvalue weighted by molar-refractivity contribution is -0.142. The fourth-order valence-electron chi connectivity index (χ4n) is 7.66. The van der Waals surface area contributed by atoms with Crippen LogP contribution in [-0.4, -0.2) is 80.0 Å². The maximum atomic E-state index is 14.2. The van der Waals surface area contributed by atoms with Gasteiger partial charge in [-0.05, 0) is 53.5 Å². The second-order valence-electron chi connectivity index (χ2n) is 15.4. The van der Waals surface area contributed by atoms with Gasteiger partial charge in [0.25, 0.3) is 5.91 Å². The lowest BCUT2D eigenvalue weighted by atomic mass is 9.84. The van der Waals surface area contributed by atoms with Crippen molar-refractivity contribution in [3.05, 3.63) is 167 Å². The van der Waals surface area contributed by atoms with E-state index in [1.54, 1.807) is 40.9 Å². The number of carboxylic acid groups (broad SMARTS) is 1. The highest BCUT2D eigenvalue weighted by Crippen LogP contribution is 2.48. The number of carbonyl (C=O) groups is 5.